The van der Waals surface area contributed by atoms with Gasteiger partial charge in [0.05, 0.1) is 5.56 Å². The number of benzene rings is 1. The number of nitrogens with one attached hydrogen (secondary N) is 2. The first kappa shape index (κ1) is 16.4. The molecule has 1 aromatic heterocycles. The smallest absolute Gasteiger partial charge is 0.258 e. The molecule has 5 nitrogen and oxygen atoms in total. The SMILES string of the molecule is CCc1ccccc1NC(=O)c1cnc(NC2CCCCC2)nc1. The highest BCUT2D eigenvalue weighted by atomic mass is 16.1. The van der Waals surface area contributed by atoms with Crippen molar-refractivity contribution in [3.63, 3.8) is 0 Å². The third-order valence-corrected chi connectivity index (χ3v) is 4.50. The number of aromatic nitrogens is 2. The lowest BCUT2D eigenvalue weighted by Gasteiger charge is -2.22. The first-order valence-electron chi connectivity index (χ1n) is 8.74. The summed E-state index contributed by atoms with van der Waals surface area (Å²) in [6.07, 6.45) is 10.2. The van der Waals surface area contributed by atoms with E-state index >= 15 is 0 Å². The predicted molar refractivity (Wildman–Crippen MR) is 96.3 cm³/mol. The van der Waals surface area contributed by atoms with Gasteiger partial charge in [0.1, 0.15) is 0 Å². The van der Waals surface area contributed by atoms with Crippen LogP contribution in [0.3, 0.4) is 0 Å². The van der Waals surface area contributed by atoms with Crippen LogP contribution < -0.4 is 10.6 Å². The molecule has 0 aliphatic heterocycles. The normalized spacial score (nSPS) is 15.0. The molecule has 2 aromatic rings. The Morgan fingerprint density at radius 2 is 1.83 bits per heavy atom. The number of anilines is 2. The van der Waals surface area contributed by atoms with Crippen molar-refractivity contribution in [3.05, 3.63) is 47.8 Å². The maximum absolute atomic E-state index is 12.4. The zero-order valence-electron chi connectivity index (χ0n) is 14.1. The second-order valence-corrected chi connectivity index (χ2v) is 6.24. The molecule has 24 heavy (non-hydrogen) atoms. The van der Waals surface area contributed by atoms with Crippen LogP contribution in [0.15, 0.2) is 36.7 Å². The third kappa shape index (κ3) is 4.10. The number of aryl methyl sites for hydroxylation is 1. The minimum absolute atomic E-state index is 0.180. The summed E-state index contributed by atoms with van der Waals surface area (Å²) in [6, 6.07) is 8.28. The monoisotopic (exact) mass is 324 g/mol. The van der Waals surface area contributed by atoms with E-state index in [0.29, 0.717) is 17.6 Å². The molecule has 1 aliphatic rings. The van der Waals surface area contributed by atoms with Gasteiger partial charge >= 0.3 is 0 Å². The highest BCUT2D eigenvalue weighted by molar-refractivity contribution is 6.04. The molecular formula is C19H24N4O. The van der Waals surface area contributed by atoms with Gasteiger partial charge < -0.3 is 10.6 Å². The molecule has 5 heteroatoms. The fourth-order valence-electron chi connectivity index (χ4n) is 3.09. The molecule has 126 valence electrons. The molecule has 0 radical (unpaired) electrons. The second-order valence-electron chi connectivity index (χ2n) is 6.24. The Bertz CT molecular complexity index is 678. The Morgan fingerprint density at radius 1 is 1.12 bits per heavy atom. The maximum atomic E-state index is 12.4. The summed E-state index contributed by atoms with van der Waals surface area (Å²) in [4.78, 5) is 21.0. The van der Waals surface area contributed by atoms with Crippen LogP contribution in [0.4, 0.5) is 11.6 Å². The molecule has 1 fully saturated rings. The third-order valence-electron chi connectivity index (χ3n) is 4.50. The number of hydrogen-bond acceptors (Lipinski definition) is 4. The fourth-order valence-corrected chi connectivity index (χ4v) is 3.09. The van der Waals surface area contributed by atoms with Gasteiger partial charge in [0, 0.05) is 24.1 Å². The molecule has 1 aliphatic carbocycles. The number of hydrogen-bond donors (Lipinski definition) is 2. The number of carbonyl (C=O) groups is 1. The lowest BCUT2D eigenvalue weighted by atomic mass is 9.96. The fraction of sp³-hybridized carbons (Fsp3) is 0.421. The number of amides is 1. The van der Waals surface area contributed by atoms with Crippen LogP contribution in [0, 0.1) is 0 Å². The van der Waals surface area contributed by atoms with Gasteiger partial charge in [0.2, 0.25) is 5.95 Å². The molecule has 1 saturated carbocycles. The van der Waals surface area contributed by atoms with E-state index in [1.807, 2.05) is 24.3 Å². The van der Waals surface area contributed by atoms with Crippen molar-refractivity contribution in [2.45, 2.75) is 51.5 Å². The number of carbonyl (C=O) groups excluding carboxylic acids is 1. The van der Waals surface area contributed by atoms with E-state index in [1.54, 1.807) is 12.4 Å². The van der Waals surface area contributed by atoms with Crippen molar-refractivity contribution in [1.29, 1.82) is 0 Å². The summed E-state index contributed by atoms with van der Waals surface area (Å²) < 4.78 is 0. The molecule has 0 unspecified atom stereocenters. The van der Waals surface area contributed by atoms with Crippen molar-refractivity contribution < 1.29 is 4.79 Å². The van der Waals surface area contributed by atoms with Crippen molar-refractivity contribution >= 4 is 17.5 Å². The summed E-state index contributed by atoms with van der Waals surface area (Å²) in [6.45, 7) is 2.07. The molecular weight excluding hydrogens is 300 g/mol. The summed E-state index contributed by atoms with van der Waals surface area (Å²) in [5.41, 5.74) is 2.42. The number of rotatable bonds is 5. The van der Waals surface area contributed by atoms with E-state index in [-0.39, 0.29) is 5.91 Å². The van der Waals surface area contributed by atoms with E-state index < -0.39 is 0 Å². The van der Waals surface area contributed by atoms with Crippen LogP contribution in [-0.2, 0) is 6.42 Å². The van der Waals surface area contributed by atoms with Crippen LogP contribution in [0.5, 0.6) is 0 Å². The van der Waals surface area contributed by atoms with E-state index in [4.69, 9.17) is 0 Å². The van der Waals surface area contributed by atoms with E-state index in [9.17, 15) is 4.79 Å². The van der Waals surface area contributed by atoms with Gasteiger partial charge in [-0.1, -0.05) is 44.4 Å². The lowest BCUT2D eigenvalue weighted by Crippen LogP contribution is -2.23. The Kier molecular flexibility index (Phi) is 5.41. The second kappa shape index (κ2) is 7.90. The molecule has 2 N–H and O–H groups in total. The summed E-state index contributed by atoms with van der Waals surface area (Å²) in [7, 11) is 0. The number of para-hydroxylation sites is 1. The van der Waals surface area contributed by atoms with Crippen LogP contribution in [0.1, 0.15) is 54.9 Å². The van der Waals surface area contributed by atoms with Crippen LogP contribution in [0.25, 0.3) is 0 Å². The first-order chi connectivity index (χ1) is 11.8. The Labute approximate surface area is 142 Å². The van der Waals surface area contributed by atoms with Crippen molar-refractivity contribution in [1.82, 2.24) is 9.97 Å². The van der Waals surface area contributed by atoms with Gasteiger partial charge in [-0.3, -0.25) is 4.79 Å². The van der Waals surface area contributed by atoms with Crippen LogP contribution >= 0.6 is 0 Å². The standard InChI is InChI=1S/C19H24N4O/c1-2-14-8-6-7-11-17(14)23-18(24)15-12-20-19(21-13-15)22-16-9-4-3-5-10-16/h6-8,11-13,16H,2-5,9-10H2,1H3,(H,23,24)(H,20,21,22). The lowest BCUT2D eigenvalue weighted by molar-refractivity contribution is 0.102. The molecule has 0 spiro atoms. The zero-order valence-corrected chi connectivity index (χ0v) is 14.1. The van der Waals surface area contributed by atoms with Crippen molar-refractivity contribution in [3.8, 4) is 0 Å². The number of nitrogens with zero attached hydrogens (tertiary/aromatic N) is 2. The molecule has 1 heterocycles. The summed E-state index contributed by atoms with van der Waals surface area (Å²) >= 11 is 0. The van der Waals surface area contributed by atoms with Crippen LogP contribution in [-0.4, -0.2) is 21.9 Å². The predicted octanol–water partition coefficient (Wildman–Crippen LogP) is 4.04. The Balaban J connectivity index is 1.63. The highest BCUT2D eigenvalue weighted by Crippen LogP contribution is 2.20. The molecule has 0 saturated heterocycles. The molecule has 1 amide bonds. The van der Waals surface area contributed by atoms with E-state index in [1.165, 1.54) is 32.1 Å². The molecule has 3 rings (SSSR count). The summed E-state index contributed by atoms with van der Waals surface area (Å²) in [5, 5.41) is 6.30. The average molecular weight is 324 g/mol. The largest absolute Gasteiger partial charge is 0.351 e. The van der Waals surface area contributed by atoms with Crippen molar-refractivity contribution in [2.24, 2.45) is 0 Å². The minimum Gasteiger partial charge on any atom is -0.351 e. The van der Waals surface area contributed by atoms with Crippen LogP contribution in [0.2, 0.25) is 0 Å². The van der Waals surface area contributed by atoms with Gasteiger partial charge in [-0.25, -0.2) is 9.97 Å². The van der Waals surface area contributed by atoms with Gasteiger partial charge in [-0.15, -0.1) is 0 Å². The zero-order chi connectivity index (χ0) is 16.8. The van der Waals surface area contributed by atoms with Gasteiger partial charge in [0.25, 0.3) is 5.91 Å². The minimum atomic E-state index is -0.180. The highest BCUT2D eigenvalue weighted by Gasteiger charge is 2.15. The van der Waals surface area contributed by atoms with E-state index in [2.05, 4.69) is 27.5 Å². The molecule has 1 aromatic carbocycles. The van der Waals surface area contributed by atoms with Gasteiger partial charge in [0.15, 0.2) is 0 Å². The Morgan fingerprint density at radius 3 is 2.54 bits per heavy atom. The topological polar surface area (TPSA) is 66.9 Å². The van der Waals surface area contributed by atoms with Crippen molar-refractivity contribution in [2.75, 3.05) is 10.6 Å². The quantitative estimate of drug-likeness (QED) is 0.871. The van der Waals surface area contributed by atoms with Gasteiger partial charge in [-0.2, -0.15) is 0 Å². The summed E-state index contributed by atoms with van der Waals surface area (Å²) in [5.74, 6) is 0.424. The van der Waals surface area contributed by atoms with E-state index in [0.717, 1.165) is 17.7 Å². The molecule has 0 bridgehead atoms. The molecule has 0 atom stereocenters. The maximum Gasteiger partial charge on any atom is 0.258 e. The van der Waals surface area contributed by atoms with Gasteiger partial charge in [-0.05, 0) is 30.9 Å². The average Bonchev–Trinajstić information content (AvgIpc) is 2.63. The first-order valence-corrected chi connectivity index (χ1v) is 8.74. The Hall–Kier alpha value is -2.43.